The molecule has 1 rings (SSSR count). The van der Waals surface area contributed by atoms with Crippen molar-refractivity contribution in [2.45, 2.75) is 18.6 Å². The lowest BCUT2D eigenvalue weighted by atomic mass is 9.99. The second kappa shape index (κ2) is 6.92. The van der Waals surface area contributed by atoms with Gasteiger partial charge < -0.3 is 30.8 Å². The highest BCUT2D eigenvalue weighted by Crippen LogP contribution is 2.25. The largest absolute Gasteiger partial charge is 0.504 e. The zero-order valence-electron chi connectivity index (χ0n) is 11.7. The van der Waals surface area contributed by atoms with Gasteiger partial charge in [0.2, 0.25) is 5.91 Å². The van der Waals surface area contributed by atoms with Gasteiger partial charge in [-0.15, -0.1) is 0 Å². The molecule has 0 aliphatic carbocycles. The number of carbonyl (C=O) groups excluding carboxylic acids is 1. The van der Waals surface area contributed by atoms with Crippen LogP contribution in [-0.4, -0.2) is 55.7 Å². The quantitative estimate of drug-likeness (QED) is 0.304. The van der Waals surface area contributed by atoms with E-state index < -0.39 is 30.1 Å². The Balaban J connectivity index is 2.58. The Morgan fingerprint density at radius 3 is 2.50 bits per heavy atom. The third kappa shape index (κ3) is 4.47. The second-order valence-corrected chi connectivity index (χ2v) is 4.80. The third-order valence-corrected chi connectivity index (χ3v) is 2.98. The number of benzene rings is 1. The molecule has 8 heteroatoms. The van der Waals surface area contributed by atoms with Gasteiger partial charge in [-0.05, 0) is 30.7 Å². The van der Waals surface area contributed by atoms with E-state index in [0.717, 1.165) is 13.0 Å². The predicted octanol–water partition coefficient (Wildman–Crippen LogP) is -0.576. The van der Waals surface area contributed by atoms with Crippen molar-refractivity contribution in [2.24, 2.45) is 0 Å². The molecule has 120 valence electrons. The van der Waals surface area contributed by atoms with Gasteiger partial charge in [-0.1, -0.05) is 6.07 Å². The molecular formula is C14H17NO7. The van der Waals surface area contributed by atoms with Crippen LogP contribution in [0, 0.1) is 0 Å². The molecule has 0 fully saturated rings. The van der Waals surface area contributed by atoms with E-state index in [0.29, 0.717) is 5.56 Å². The predicted molar refractivity (Wildman–Crippen MR) is 76.1 cm³/mol. The van der Waals surface area contributed by atoms with Crippen molar-refractivity contribution in [1.29, 1.82) is 0 Å². The minimum Gasteiger partial charge on any atom is -0.504 e. The average Bonchev–Trinajstić information content (AvgIpc) is 2.45. The fourth-order valence-corrected chi connectivity index (χ4v) is 1.41. The number of carboxylic acid groups (broad SMARTS) is 1. The molecule has 0 bridgehead atoms. The van der Waals surface area contributed by atoms with E-state index in [-0.39, 0.29) is 11.5 Å². The Morgan fingerprint density at radius 2 is 1.95 bits per heavy atom. The first-order chi connectivity index (χ1) is 10.1. The molecule has 22 heavy (non-hydrogen) atoms. The van der Waals surface area contributed by atoms with Crippen molar-refractivity contribution >= 4 is 18.0 Å². The standard InChI is InChI=1S/C14H17NO7/c1-14(22,13(20)21)11(18)7-15-12(19)5-3-8-2-4-9(16)10(17)6-8/h2-6,11,16-18,22H,7H2,1H3,(H,15,19)(H,20,21)/b5-3+/t11-,14-/m0/s1. The number of aliphatic carboxylic acids is 1. The van der Waals surface area contributed by atoms with Gasteiger partial charge in [-0.3, -0.25) is 4.79 Å². The number of amides is 1. The monoisotopic (exact) mass is 311 g/mol. The molecule has 1 aromatic carbocycles. The van der Waals surface area contributed by atoms with Crippen LogP contribution >= 0.6 is 0 Å². The molecule has 0 aliphatic rings. The van der Waals surface area contributed by atoms with Gasteiger partial charge in [-0.2, -0.15) is 0 Å². The second-order valence-electron chi connectivity index (χ2n) is 4.80. The van der Waals surface area contributed by atoms with E-state index in [9.17, 15) is 24.9 Å². The van der Waals surface area contributed by atoms with Crippen molar-refractivity contribution in [3.05, 3.63) is 29.8 Å². The summed E-state index contributed by atoms with van der Waals surface area (Å²) in [7, 11) is 0. The van der Waals surface area contributed by atoms with E-state index >= 15 is 0 Å². The van der Waals surface area contributed by atoms with Crippen LogP contribution in [0.25, 0.3) is 6.08 Å². The van der Waals surface area contributed by atoms with Crippen LogP contribution in [0.3, 0.4) is 0 Å². The van der Waals surface area contributed by atoms with Crippen LogP contribution in [0.4, 0.5) is 0 Å². The van der Waals surface area contributed by atoms with Crippen molar-refractivity contribution < 1.29 is 35.1 Å². The molecule has 0 radical (unpaired) electrons. The number of hydrogen-bond donors (Lipinski definition) is 6. The number of aliphatic hydroxyl groups is 2. The Bertz CT molecular complexity index is 595. The number of phenols is 2. The first-order valence-electron chi connectivity index (χ1n) is 6.26. The minimum absolute atomic E-state index is 0.291. The summed E-state index contributed by atoms with van der Waals surface area (Å²) < 4.78 is 0. The maximum atomic E-state index is 11.5. The van der Waals surface area contributed by atoms with Gasteiger partial charge in [0.05, 0.1) is 0 Å². The summed E-state index contributed by atoms with van der Waals surface area (Å²) >= 11 is 0. The van der Waals surface area contributed by atoms with E-state index in [1.54, 1.807) is 0 Å². The normalized spacial score (nSPS) is 15.2. The smallest absolute Gasteiger partial charge is 0.338 e. The summed E-state index contributed by atoms with van der Waals surface area (Å²) in [6.07, 6.45) is 0.754. The van der Waals surface area contributed by atoms with Crippen molar-refractivity contribution in [1.82, 2.24) is 5.32 Å². The van der Waals surface area contributed by atoms with Gasteiger partial charge in [-0.25, -0.2) is 4.79 Å². The maximum absolute atomic E-state index is 11.5. The SMILES string of the molecule is C[C@@](O)(C(=O)O)[C@@H](O)CNC(=O)/C=C/c1ccc(O)c(O)c1. The Morgan fingerprint density at radius 1 is 1.32 bits per heavy atom. The number of hydrogen-bond acceptors (Lipinski definition) is 6. The zero-order valence-corrected chi connectivity index (χ0v) is 11.7. The molecule has 8 nitrogen and oxygen atoms in total. The summed E-state index contributed by atoms with van der Waals surface area (Å²) in [4.78, 5) is 22.2. The van der Waals surface area contributed by atoms with Crippen molar-refractivity contribution in [3.8, 4) is 11.5 Å². The van der Waals surface area contributed by atoms with Gasteiger partial charge in [0.15, 0.2) is 17.1 Å². The van der Waals surface area contributed by atoms with Gasteiger partial charge in [0, 0.05) is 12.6 Å². The molecule has 0 unspecified atom stereocenters. The van der Waals surface area contributed by atoms with Crippen LogP contribution in [0.5, 0.6) is 11.5 Å². The maximum Gasteiger partial charge on any atom is 0.338 e. The molecule has 0 spiro atoms. The fraction of sp³-hybridized carbons (Fsp3) is 0.286. The molecular weight excluding hydrogens is 294 g/mol. The summed E-state index contributed by atoms with van der Waals surface area (Å²) in [6.45, 7) is 0.463. The number of phenolic OH excluding ortho intramolecular Hbond substituents is 2. The Labute approximate surface area is 126 Å². The van der Waals surface area contributed by atoms with Crippen molar-refractivity contribution in [2.75, 3.05) is 6.54 Å². The Kier molecular flexibility index (Phi) is 5.50. The third-order valence-electron chi connectivity index (χ3n) is 2.98. The lowest BCUT2D eigenvalue weighted by Crippen LogP contribution is -2.51. The molecule has 0 saturated carbocycles. The Hall–Kier alpha value is -2.58. The van der Waals surface area contributed by atoms with E-state index in [1.165, 1.54) is 24.3 Å². The molecule has 0 saturated heterocycles. The topological polar surface area (TPSA) is 147 Å². The molecule has 0 heterocycles. The summed E-state index contributed by atoms with van der Waals surface area (Å²) in [5, 5.41) is 48.3. The number of carboxylic acids is 1. The van der Waals surface area contributed by atoms with Crippen LogP contribution in [-0.2, 0) is 9.59 Å². The van der Waals surface area contributed by atoms with Crippen molar-refractivity contribution in [3.63, 3.8) is 0 Å². The highest BCUT2D eigenvalue weighted by molar-refractivity contribution is 5.91. The van der Waals surface area contributed by atoms with Crippen LogP contribution in [0.2, 0.25) is 0 Å². The van der Waals surface area contributed by atoms with Crippen LogP contribution < -0.4 is 5.32 Å². The summed E-state index contributed by atoms with van der Waals surface area (Å²) in [6, 6.07) is 3.95. The molecule has 6 N–H and O–H groups in total. The van der Waals surface area contributed by atoms with Crippen LogP contribution in [0.1, 0.15) is 12.5 Å². The number of carbonyl (C=O) groups is 2. The molecule has 1 aromatic rings. The van der Waals surface area contributed by atoms with E-state index in [1.807, 2.05) is 0 Å². The molecule has 2 atom stereocenters. The van der Waals surface area contributed by atoms with Gasteiger partial charge >= 0.3 is 5.97 Å². The lowest BCUT2D eigenvalue weighted by Gasteiger charge is -2.24. The average molecular weight is 311 g/mol. The van der Waals surface area contributed by atoms with Gasteiger partial charge in [0.1, 0.15) is 6.10 Å². The number of aliphatic hydroxyl groups excluding tert-OH is 1. The molecule has 0 aromatic heterocycles. The summed E-state index contributed by atoms with van der Waals surface area (Å²) in [5.41, 5.74) is -1.93. The molecule has 0 aliphatic heterocycles. The number of rotatable bonds is 6. The highest BCUT2D eigenvalue weighted by Gasteiger charge is 2.38. The lowest BCUT2D eigenvalue weighted by molar-refractivity contribution is -0.168. The fourth-order valence-electron chi connectivity index (χ4n) is 1.41. The first-order valence-corrected chi connectivity index (χ1v) is 6.26. The zero-order chi connectivity index (χ0) is 16.9. The van der Waals surface area contributed by atoms with Crippen LogP contribution in [0.15, 0.2) is 24.3 Å². The molecule has 1 amide bonds. The van der Waals surface area contributed by atoms with Gasteiger partial charge in [0.25, 0.3) is 0 Å². The van der Waals surface area contributed by atoms with E-state index in [2.05, 4.69) is 5.32 Å². The first kappa shape index (κ1) is 17.5. The summed E-state index contributed by atoms with van der Waals surface area (Å²) in [5.74, 6) is -2.87. The number of aromatic hydroxyl groups is 2. The highest BCUT2D eigenvalue weighted by atomic mass is 16.4. The van der Waals surface area contributed by atoms with E-state index in [4.69, 9.17) is 10.2 Å². The minimum atomic E-state index is -2.38. The number of nitrogens with one attached hydrogen (secondary N) is 1.